The highest BCUT2D eigenvalue weighted by Gasteiger charge is 2.37. The molecule has 2 aliphatic rings. The maximum atomic E-state index is 13.2. The minimum Gasteiger partial charge on any atom is -0.497 e. The maximum absolute atomic E-state index is 13.2. The second kappa shape index (κ2) is 9.50. The first-order valence-corrected chi connectivity index (χ1v) is 13.3. The van der Waals surface area contributed by atoms with Crippen molar-refractivity contribution in [3.05, 3.63) is 87.8 Å². The molecule has 1 saturated heterocycles. The second-order valence-electron chi connectivity index (χ2n) is 9.46. The number of nitrogens with zero attached hydrogens (tertiary/aromatic N) is 2. The molecule has 0 radical (unpaired) electrons. The fraction of sp³-hybridized carbons (Fsp3) is 0.308. The summed E-state index contributed by atoms with van der Waals surface area (Å²) >= 11 is 0. The van der Waals surface area contributed by atoms with E-state index in [0.29, 0.717) is 36.2 Å². The third-order valence-corrected chi connectivity index (χ3v) is 8.31. The Labute approximate surface area is 216 Å². The number of sulfonamides is 1. The molecule has 2 aromatic carbocycles. The maximum Gasteiger partial charge on any atom is 0.416 e. The highest BCUT2D eigenvalue weighted by Crippen LogP contribution is 2.36. The molecule has 0 aliphatic carbocycles. The Morgan fingerprint density at radius 2 is 1.76 bits per heavy atom. The first kappa shape index (κ1) is 25.8. The Morgan fingerprint density at radius 1 is 1.03 bits per heavy atom. The normalized spacial score (nSPS) is 19.0. The number of benzene rings is 2. The number of hydrogen-bond acceptors (Lipinski definition) is 5. The molecule has 1 amide bonds. The van der Waals surface area contributed by atoms with E-state index in [-0.39, 0.29) is 30.0 Å². The number of amides is 1. The lowest BCUT2D eigenvalue weighted by Crippen LogP contribution is -2.49. The third kappa shape index (κ3) is 4.87. The Balaban J connectivity index is 1.38. The number of methoxy groups -OCH3 is 1. The van der Waals surface area contributed by atoms with Crippen LogP contribution in [0.1, 0.15) is 34.0 Å². The summed E-state index contributed by atoms with van der Waals surface area (Å²) in [5, 5.41) is 0. The molecule has 2 aliphatic heterocycles. The Hall–Kier alpha value is -3.80. The number of pyridine rings is 1. The molecule has 2 unspecified atom stereocenters. The van der Waals surface area contributed by atoms with Crippen LogP contribution in [0.3, 0.4) is 0 Å². The van der Waals surface area contributed by atoms with Gasteiger partial charge in [-0.15, -0.1) is 0 Å². The van der Waals surface area contributed by atoms with Gasteiger partial charge in [-0.3, -0.25) is 14.3 Å². The summed E-state index contributed by atoms with van der Waals surface area (Å²) in [5.74, 6) is 0.386. The summed E-state index contributed by atoms with van der Waals surface area (Å²) in [5.41, 5.74) is -0.730. The predicted octanol–water partition coefficient (Wildman–Crippen LogP) is 3.94. The van der Waals surface area contributed by atoms with Gasteiger partial charge in [0.1, 0.15) is 11.4 Å². The number of ether oxygens (including phenoxy) is 1. The first-order chi connectivity index (χ1) is 18.0. The molecule has 8 nitrogen and oxygen atoms in total. The largest absolute Gasteiger partial charge is 0.497 e. The first-order valence-electron chi connectivity index (χ1n) is 11.8. The van der Waals surface area contributed by atoms with Crippen molar-refractivity contribution in [2.45, 2.75) is 30.0 Å². The minimum atomic E-state index is -4.71. The molecular formula is C26H24F3N3O5S. The van der Waals surface area contributed by atoms with Gasteiger partial charge in [-0.05, 0) is 66.9 Å². The van der Waals surface area contributed by atoms with Gasteiger partial charge in [0.2, 0.25) is 0 Å². The SMILES string of the molecule is COc1ccc(C(=O)N2CC3CC(C2)c2ccc(NS(=O)(=O)c4cccc(C(F)(F)F)c4)c(=O)n2C3)cc1. The minimum absolute atomic E-state index is 0.0172. The van der Waals surface area contributed by atoms with Crippen LogP contribution in [0.4, 0.5) is 18.9 Å². The van der Waals surface area contributed by atoms with Crippen molar-refractivity contribution >= 4 is 21.6 Å². The zero-order chi connectivity index (χ0) is 27.2. The molecule has 12 heteroatoms. The Kier molecular flexibility index (Phi) is 6.46. The quantitative estimate of drug-likeness (QED) is 0.522. The lowest BCUT2D eigenvalue weighted by molar-refractivity contribution is -0.137. The topological polar surface area (TPSA) is 97.7 Å². The van der Waals surface area contributed by atoms with Gasteiger partial charge in [-0.2, -0.15) is 13.2 Å². The molecule has 2 atom stereocenters. The molecular weight excluding hydrogens is 523 g/mol. The number of fused-ring (bicyclic) bond motifs is 4. The van der Waals surface area contributed by atoms with Crippen molar-refractivity contribution in [2.75, 3.05) is 24.9 Å². The number of likely N-dealkylation sites (tertiary alicyclic amines) is 1. The molecule has 0 saturated carbocycles. The van der Waals surface area contributed by atoms with E-state index >= 15 is 0 Å². The van der Waals surface area contributed by atoms with Crippen LogP contribution in [0.2, 0.25) is 0 Å². The van der Waals surface area contributed by atoms with Crippen LogP contribution in [-0.4, -0.2) is 44.0 Å². The molecule has 1 N–H and O–H groups in total. The average molecular weight is 548 g/mol. The van der Waals surface area contributed by atoms with E-state index in [1.54, 1.807) is 42.3 Å². The van der Waals surface area contributed by atoms with Crippen LogP contribution >= 0.6 is 0 Å². The number of halogens is 3. The van der Waals surface area contributed by atoms with Crippen LogP contribution < -0.4 is 15.0 Å². The van der Waals surface area contributed by atoms with E-state index in [0.717, 1.165) is 24.6 Å². The van der Waals surface area contributed by atoms with Gasteiger partial charge in [0, 0.05) is 36.8 Å². The van der Waals surface area contributed by atoms with Crippen molar-refractivity contribution < 1.29 is 31.1 Å². The van der Waals surface area contributed by atoms with Gasteiger partial charge in [0.15, 0.2) is 0 Å². The van der Waals surface area contributed by atoms with Gasteiger partial charge >= 0.3 is 6.18 Å². The van der Waals surface area contributed by atoms with Crippen LogP contribution in [-0.2, 0) is 22.7 Å². The lowest BCUT2D eigenvalue weighted by atomic mass is 9.83. The van der Waals surface area contributed by atoms with Gasteiger partial charge in [-0.25, -0.2) is 8.42 Å². The fourth-order valence-corrected chi connectivity index (χ4v) is 6.25. The van der Waals surface area contributed by atoms with Crippen molar-refractivity contribution in [3.8, 4) is 5.75 Å². The van der Waals surface area contributed by atoms with E-state index < -0.39 is 32.2 Å². The number of carbonyl (C=O) groups excluding carboxylic acids is 1. The molecule has 200 valence electrons. The van der Waals surface area contributed by atoms with E-state index in [1.807, 2.05) is 0 Å². The van der Waals surface area contributed by atoms with E-state index in [9.17, 15) is 31.2 Å². The Morgan fingerprint density at radius 3 is 2.45 bits per heavy atom. The standard InChI is InChI=1S/C26H24F3N3O5S/c1-37-20-7-5-17(6-8-20)24(33)31-13-16-11-18(15-31)23-10-9-22(25(34)32(23)14-16)30-38(35,36)21-4-2-3-19(12-21)26(27,28)29/h2-10,12,16,18,30H,11,13-15H2,1H3. The number of nitrogens with one attached hydrogen (secondary N) is 1. The van der Waals surface area contributed by atoms with Gasteiger partial charge < -0.3 is 14.2 Å². The van der Waals surface area contributed by atoms with Gasteiger partial charge in [-0.1, -0.05) is 6.07 Å². The Bertz CT molecular complexity index is 1550. The summed E-state index contributed by atoms with van der Waals surface area (Å²) in [6.45, 7) is 1.12. The number of piperidine rings is 1. The third-order valence-electron chi connectivity index (χ3n) is 6.94. The predicted molar refractivity (Wildman–Crippen MR) is 133 cm³/mol. The number of alkyl halides is 3. The molecule has 5 rings (SSSR count). The van der Waals surface area contributed by atoms with Crippen molar-refractivity contribution in [1.82, 2.24) is 9.47 Å². The van der Waals surface area contributed by atoms with E-state index in [2.05, 4.69) is 4.72 Å². The van der Waals surface area contributed by atoms with Crippen LogP contribution in [0.5, 0.6) is 5.75 Å². The summed E-state index contributed by atoms with van der Waals surface area (Å²) in [6.07, 6.45) is -3.93. The summed E-state index contributed by atoms with van der Waals surface area (Å²) < 4.78 is 73.6. The number of carbonyl (C=O) groups is 1. The number of hydrogen-bond donors (Lipinski definition) is 1. The molecule has 3 heterocycles. The number of rotatable bonds is 5. The second-order valence-corrected chi connectivity index (χ2v) is 11.1. The number of anilines is 1. The monoisotopic (exact) mass is 547 g/mol. The highest BCUT2D eigenvalue weighted by molar-refractivity contribution is 7.92. The van der Waals surface area contributed by atoms with Crippen LogP contribution in [0, 0.1) is 5.92 Å². The van der Waals surface area contributed by atoms with Crippen molar-refractivity contribution in [2.24, 2.45) is 5.92 Å². The fourth-order valence-electron chi connectivity index (χ4n) is 5.15. The lowest BCUT2D eigenvalue weighted by Gasteiger charge is -2.43. The van der Waals surface area contributed by atoms with Gasteiger partial charge in [0.25, 0.3) is 21.5 Å². The summed E-state index contributed by atoms with van der Waals surface area (Å²) in [7, 11) is -2.90. The molecule has 3 aromatic rings. The van der Waals surface area contributed by atoms with Crippen LogP contribution in [0.25, 0.3) is 0 Å². The van der Waals surface area contributed by atoms with Crippen LogP contribution in [0.15, 0.2) is 70.4 Å². The summed E-state index contributed by atoms with van der Waals surface area (Å²) in [6, 6.07) is 13.1. The molecule has 38 heavy (non-hydrogen) atoms. The van der Waals surface area contributed by atoms with Gasteiger partial charge in [0.05, 0.1) is 17.6 Å². The van der Waals surface area contributed by atoms with Crippen molar-refractivity contribution in [1.29, 1.82) is 0 Å². The zero-order valence-electron chi connectivity index (χ0n) is 20.2. The molecule has 0 spiro atoms. The zero-order valence-corrected chi connectivity index (χ0v) is 21.1. The summed E-state index contributed by atoms with van der Waals surface area (Å²) in [4.78, 5) is 27.5. The molecule has 2 bridgehead atoms. The smallest absolute Gasteiger partial charge is 0.416 e. The van der Waals surface area contributed by atoms with E-state index in [4.69, 9.17) is 4.74 Å². The van der Waals surface area contributed by atoms with E-state index in [1.165, 1.54) is 10.6 Å². The average Bonchev–Trinajstić information content (AvgIpc) is 2.89. The molecule has 1 fully saturated rings. The highest BCUT2D eigenvalue weighted by atomic mass is 32.2. The van der Waals surface area contributed by atoms with Crippen molar-refractivity contribution in [3.63, 3.8) is 0 Å². The number of aromatic nitrogens is 1. The molecule has 1 aromatic heterocycles.